The Labute approximate surface area is 138 Å². The molecule has 1 aromatic heterocycles. The molecular weight excluding hydrogens is 318 g/mol. The molecule has 0 radical (unpaired) electrons. The largest absolute Gasteiger partial charge is 0.345 e. The van der Waals surface area contributed by atoms with Crippen molar-refractivity contribution in [2.45, 2.75) is 26.1 Å². The summed E-state index contributed by atoms with van der Waals surface area (Å²) < 4.78 is 30.7. The lowest BCUT2D eigenvalue weighted by Gasteiger charge is -2.19. The molecule has 1 saturated heterocycles. The number of hydrogen-bond acceptors (Lipinski definition) is 3. The number of halogens is 2. The Balaban J connectivity index is 1.69. The summed E-state index contributed by atoms with van der Waals surface area (Å²) in [5.41, 5.74) is 2.20. The molecule has 6 nitrogen and oxygen atoms in total. The quantitative estimate of drug-likeness (QED) is 0.934. The number of benzene rings is 1. The third-order valence-electron chi connectivity index (χ3n) is 3.84. The van der Waals surface area contributed by atoms with Crippen LogP contribution in [0.1, 0.15) is 12.1 Å². The van der Waals surface area contributed by atoms with Crippen LogP contribution < -0.4 is 5.32 Å². The van der Waals surface area contributed by atoms with Gasteiger partial charge >= 0.3 is 12.6 Å². The van der Waals surface area contributed by atoms with Gasteiger partial charge in [-0.1, -0.05) is 12.1 Å². The van der Waals surface area contributed by atoms with E-state index in [1.54, 1.807) is 10.7 Å². The molecule has 1 atom stereocenters. The Kier molecular flexibility index (Phi) is 4.75. The molecule has 0 unspecified atom stereocenters. The summed E-state index contributed by atoms with van der Waals surface area (Å²) in [5, 5.41) is 7.16. The van der Waals surface area contributed by atoms with Crippen molar-refractivity contribution in [3.8, 4) is 5.69 Å². The summed E-state index contributed by atoms with van der Waals surface area (Å²) in [4.78, 5) is 13.8. The Morgan fingerprint density at radius 3 is 2.88 bits per heavy atom. The molecule has 3 rings (SSSR count). The third-order valence-corrected chi connectivity index (χ3v) is 3.84. The summed E-state index contributed by atoms with van der Waals surface area (Å²) in [6.45, 7) is -0.405. The van der Waals surface area contributed by atoms with E-state index in [1.165, 1.54) is 4.90 Å². The van der Waals surface area contributed by atoms with Crippen LogP contribution in [0.15, 0.2) is 36.5 Å². The zero-order valence-electron chi connectivity index (χ0n) is 13.2. The first-order valence-electron chi connectivity index (χ1n) is 7.64. The fraction of sp³-hybridized carbons (Fsp3) is 0.375. The summed E-state index contributed by atoms with van der Waals surface area (Å²) in [5.74, 6) is 0. The van der Waals surface area contributed by atoms with Gasteiger partial charge in [0.05, 0.1) is 23.2 Å². The molecule has 1 aromatic carbocycles. The SMILES string of the molecule is Cc1ccn(-c2ccccc2NC(=O)N2CC[C@H](OC(F)F)C2)n1. The second-order valence-corrected chi connectivity index (χ2v) is 5.60. The predicted molar refractivity (Wildman–Crippen MR) is 84.4 cm³/mol. The number of anilines is 1. The van der Waals surface area contributed by atoms with E-state index in [9.17, 15) is 13.6 Å². The molecule has 1 N–H and O–H groups in total. The maximum Gasteiger partial charge on any atom is 0.345 e. The molecule has 0 aliphatic carbocycles. The molecule has 0 bridgehead atoms. The summed E-state index contributed by atoms with van der Waals surface area (Å²) in [6, 6.07) is 8.80. The number of hydrogen-bond donors (Lipinski definition) is 1. The molecule has 1 aliphatic heterocycles. The Bertz CT molecular complexity index is 720. The van der Waals surface area contributed by atoms with Gasteiger partial charge < -0.3 is 15.0 Å². The van der Waals surface area contributed by atoms with Crippen molar-refractivity contribution in [2.24, 2.45) is 0 Å². The number of aromatic nitrogens is 2. The van der Waals surface area contributed by atoms with Gasteiger partial charge in [-0.2, -0.15) is 13.9 Å². The molecule has 1 fully saturated rings. The molecule has 24 heavy (non-hydrogen) atoms. The number of rotatable bonds is 4. The zero-order chi connectivity index (χ0) is 17.1. The van der Waals surface area contributed by atoms with Crippen molar-refractivity contribution in [3.05, 3.63) is 42.2 Å². The van der Waals surface area contributed by atoms with Crippen LogP contribution in [0, 0.1) is 6.92 Å². The minimum atomic E-state index is -2.82. The van der Waals surface area contributed by atoms with Crippen LogP contribution in [0.25, 0.3) is 5.69 Å². The number of alkyl halides is 2. The zero-order valence-corrected chi connectivity index (χ0v) is 13.2. The number of nitrogens with one attached hydrogen (secondary N) is 1. The van der Waals surface area contributed by atoms with Gasteiger partial charge in [-0.3, -0.25) is 0 Å². The number of carbonyl (C=O) groups is 1. The molecule has 2 amide bonds. The lowest BCUT2D eigenvalue weighted by Crippen LogP contribution is -2.34. The third kappa shape index (κ3) is 3.70. The fourth-order valence-corrected chi connectivity index (χ4v) is 2.69. The molecule has 8 heteroatoms. The first-order valence-corrected chi connectivity index (χ1v) is 7.64. The van der Waals surface area contributed by atoms with Gasteiger partial charge in [-0.15, -0.1) is 0 Å². The van der Waals surface area contributed by atoms with E-state index < -0.39 is 12.7 Å². The smallest absolute Gasteiger partial charge is 0.322 e. The van der Waals surface area contributed by atoms with Crippen LogP contribution in [0.5, 0.6) is 0 Å². The van der Waals surface area contributed by atoms with Crippen LogP contribution in [0.4, 0.5) is 19.3 Å². The van der Waals surface area contributed by atoms with Crippen LogP contribution in [0.3, 0.4) is 0 Å². The monoisotopic (exact) mass is 336 g/mol. The lowest BCUT2D eigenvalue weighted by molar-refractivity contribution is -0.158. The molecule has 1 aliphatic rings. The predicted octanol–water partition coefficient (Wildman–Crippen LogP) is 3.03. The van der Waals surface area contributed by atoms with Crippen LogP contribution in [0.2, 0.25) is 0 Å². The van der Waals surface area contributed by atoms with E-state index in [1.807, 2.05) is 37.4 Å². The summed E-state index contributed by atoms with van der Waals surface area (Å²) >= 11 is 0. The van der Waals surface area contributed by atoms with Crippen LogP contribution in [-0.4, -0.2) is 46.5 Å². The highest BCUT2D eigenvalue weighted by Gasteiger charge is 2.29. The maximum atomic E-state index is 12.4. The van der Waals surface area contributed by atoms with Crippen LogP contribution >= 0.6 is 0 Å². The minimum Gasteiger partial charge on any atom is -0.322 e. The highest BCUT2D eigenvalue weighted by Crippen LogP contribution is 2.22. The molecule has 2 heterocycles. The average molecular weight is 336 g/mol. The molecule has 2 aromatic rings. The van der Waals surface area contributed by atoms with Crippen molar-refractivity contribution >= 4 is 11.7 Å². The molecular formula is C16H18F2N4O2. The Morgan fingerprint density at radius 2 is 2.17 bits per heavy atom. The molecule has 128 valence electrons. The van der Waals surface area contributed by atoms with E-state index in [2.05, 4.69) is 15.2 Å². The Hall–Kier alpha value is -2.48. The normalized spacial score (nSPS) is 17.5. The van der Waals surface area contributed by atoms with Gasteiger partial charge in [0.2, 0.25) is 0 Å². The number of aryl methyl sites for hydroxylation is 1. The average Bonchev–Trinajstić information content (AvgIpc) is 3.16. The summed E-state index contributed by atoms with van der Waals surface area (Å²) in [7, 11) is 0. The Morgan fingerprint density at radius 1 is 1.38 bits per heavy atom. The van der Waals surface area contributed by atoms with Gasteiger partial charge in [0, 0.05) is 19.3 Å². The first kappa shape index (κ1) is 16.4. The van der Waals surface area contributed by atoms with Crippen molar-refractivity contribution in [1.29, 1.82) is 0 Å². The van der Waals surface area contributed by atoms with Gasteiger partial charge in [0.15, 0.2) is 0 Å². The van der Waals surface area contributed by atoms with E-state index in [-0.39, 0.29) is 12.6 Å². The van der Waals surface area contributed by atoms with E-state index in [4.69, 9.17) is 0 Å². The standard InChI is InChI=1S/C16H18F2N4O2/c1-11-6-9-22(20-11)14-5-3-2-4-13(14)19-16(23)21-8-7-12(10-21)24-15(17)18/h2-6,9,12,15H,7-8,10H2,1H3,(H,19,23)/t12-/m0/s1. The summed E-state index contributed by atoms with van der Waals surface area (Å²) in [6.07, 6.45) is 1.58. The van der Waals surface area contributed by atoms with E-state index >= 15 is 0 Å². The number of ether oxygens (including phenoxy) is 1. The van der Waals surface area contributed by atoms with E-state index in [0.717, 1.165) is 11.4 Å². The number of amides is 2. The first-order chi connectivity index (χ1) is 11.5. The number of para-hydroxylation sites is 2. The fourth-order valence-electron chi connectivity index (χ4n) is 2.69. The van der Waals surface area contributed by atoms with Gasteiger partial charge in [-0.05, 0) is 31.5 Å². The van der Waals surface area contributed by atoms with Gasteiger partial charge in [0.1, 0.15) is 0 Å². The topological polar surface area (TPSA) is 59.4 Å². The molecule has 0 spiro atoms. The van der Waals surface area contributed by atoms with Gasteiger partial charge in [-0.25, -0.2) is 9.48 Å². The highest BCUT2D eigenvalue weighted by atomic mass is 19.3. The number of carbonyl (C=O) groups excluding carboxylic acids is 1. The van der Waals surface area contributed by atoms with E-state index in [0.29, 0.717) is 18.7 Å². The second kappa shape index (κ2) is 6.96. The number of urea groups is 1. The minimum absolute atomic E-state index is 0.152. The maximum absolute atomic E-state index is 12.4. The number of nitrogens with zero attached hydrogens (tertiary/aromatic N) is 3. The van der Waals surface area contributed by atoms with Crippen molar-refractivity contribution in [2.75, 3.05) is 18.4 Å². The van der Waals surface area contributed by atoms with Crippen molar-refractivity contribution in [1.82, 2.24) is 14.7 Å². The van der Waals surface area contributed by atoms with Crippen molar-refractivity contribution < 1.29 is 18.3 Å². The lowest BCUT2D eigenvalue weighted by atomic mass is 10.2. The van der Waals surface area contributed by atoms with Crippen LogP contribution in [-0.2, 0) is 4.74 Å². The molecule has 0 saturated carbocycles. The highest BCUT2D eigenvalue weighted by molar-refractivity contribution is 5.91. The van der Waals surface area contributed by atoms with Gasteiger partial charge in [0.25, 0.3) is 0 Å². The van der Waals surface area contributed by atoms with Crippen molar-refractivity contribution in [3.63, 3.8) is 0 Å². The number of likely N-dealkylation sites (tertiary alicyclic amines) is 1. The second-order valence-electron chi connectivity index (χ2n) is 5.60.